The van der Waals surface area contributed by atoms with Gasteiger partial charge in [0.05, 0.1) is 6.61 Å². The third-order valence-corrected chi connectivity index (χ3v) is 5.04. The Morgan fingerprint density at radius 2 is 2.08 bits per heavy atom. The number of nitrogens with zero attached hydrogens (tertiary/aromatic N) is 2. The van der Waals surface area contributed by atoms with Gasteiger partial charge in [-0.1, -0.05) is 17.7 Å². The van der Waals surface area contributed by atoms with Gasteiger partial charge in [0.15, 0.2) is 11.6 Å². The van der Waals surface area contributed by atoms with Crippen molar-refractivity contribution < 1.29 is 13.5 Å². The zero-order valence-electron chi connectivity index (χ0n) is 14.9. The van der Waals surface area contributed by atoms with Gasteiger partial charge in [-0.2, -0.15) is 0 Å². The number of nitrogens with one attached hydrogen (secondary N) is 1. The van der Waals surface area contributed by atoms with Gasteiger partial charge in [-0.3, -0.25) is 4.90 Å². The second kappa shape index (κ2) is 8.29. The largest absolute Gasteiger partial charge is 0.383 e. The molecule has 1 aromatic heterocycles. The highest BCUT2D eigenvalue weighted by molar-refractivity contribution is 6.30. The Balaban J connectivity index is 1.81. The van der Waals surface area contributed by atoms with Crippen molar-refractivity contribution in [2.45, 2.75) is 26.4 Å². The van der Waals surface area contributed by atoms with Crippen LogP contribution in [0.15, 0.2) is 18.2 Å². The van der Waals surface area contributed by atoms with Crippen LogP contribution >= 0.6 is 11.6 Å². The SMILES string of the molecule is COCCNc1nc(Cl)c(C)c2c1CN(Cc1ccc(F)c(F)c1)CC2. The van der Waals surface area contributed by atoms with Crippen LogP contribution in [-0.2, 0) is 24.2 Å². The van der Waals surface area contributed by atoms with Crippen molar-refractivity contribution in [3.05, 3.63) is 57.2 Å². The van der Waals surface area contributed by atoms with Crippen LogP contribution in [-0.4, -0.2) is 36.7 Å². The van der Waals surface area contributed by atoms with E-state index in [0.29, 0.717) is 31.4 Å². The second-order valence-corrected chi connectivity index (χ2v) is 6.82. The van der Waals surface area contributed by atoms with Crippen LogP contribution < -0.4 is 5.32 Å². The van der Waals surface area contributed by atoms with Crippen molar-refractivity contribution in [3.63, 3.8) is 0 Å². The number of ether oxygens (including phenoxy) is 1. The van der Waals surface area contributed by atoms with E-state index in [4.69, 9.17) is 16.3 Å². The Morgan fingerprint density at radius 1 is 1.27 bits per heavy atom. The maximum Gasteiger partial charge on any atom is 0.159 e. The first kappa shape index (κ1) is 19.0. The number of benzene rings is 1. The number of fused-ring (bicyclic) bond motifs is 1. The standard InChI is InChI=1S/C19H22ClF2N3O/c1-12-14-5-7-25(10-13-3-4-16(21)17(22)9-13)11-15(14)19(24-18(12)20)23-6-8-26-2/h3-4,9H,5-8,10-11H2,1-2H3,(H,23,24). The van der Waals surface area contributed by atoms with Crippen molar-refractivity contribution in [2.24, 2.45) is 0 Å². The molecule has 0 fully saturated rings. The van der Waals surface area contributed by atoms with Crippen LogP contribution in [0.3, 0.4) is 0 Å². The van der Waals surface area contributed by atoms with Crippen LogP contribution in [0.5, 0.6) is 0 Å². The Hall–Kier alpha value is -1.76. The lowest BCUT2D eigenvalue weighted by atomic mass is 9.96. The van der Waals surface area contributed by atoms with Gasteiger partial charge in [0, 0.05) is 38.9 Å². The zero-order chi connectivity index (χ0) is 18.7. The van der Waals surface area contributed by atoms with E-state index in [9.17, 15) is 8.78 Å². The lowest BCUT2D eigenvalue weighted by molar-refractivity contribution is 0.210. The smallest absolute Gasteiger partial charge is 0.159 e. The van der Waals surface area contributed by atoms with E-state index in [1.165, 1.54) is 17.7 Å². The van der Waals surface area contributed by atoms with Crippen molar-refractivity contribution >= 4 is 17.4 Å². The summed E-state index contributed by atoms with van der Waals surface area (Å²) >= 11 is 6.29. The van der Waals surface area contributed by atoms with Gasteiger partial charge in [0.2, 0.25) is 0 Å². The molecule has 0 unspecified atom stereocenters. The minimum atomic E-state index is -0.822. The first-order valence-electron chi connectivity index (χ1n) is 8.56. The van der Waals surface area contributed by atoms with Crippen LogP contribution in [0, 0.1) is 18.6 Å². The lowest BCUT2D eigenvalue weighted by Gasteiger charge is -2.31. The van der Waals surface area contributed by atoms with E-state index in [2.05, 4.69) is 15.2 Å². The van der Waals surface area contributed by atoms with Crippen LogP contribution in [0.1, 0.15) is 22.3 Å². The Morgan fingerprint density at radius 3 is 2.81 bits per heavy atom. The van der Waals surface area contributed by atoms with E-state index in [1.807, 2.05) is 6.92 Å². The van der Waals surface area contributed by atoms with Crippen LogP contribution in [0.2, 0.25) is 5.15 Å². The third kappa shape index (κ3) is 4.14. The predicted molar refractivity (Wildman–Crippen MR) is 98.5 cm³/mol. The Labute approximate surface area is 157 Å². The highest BCUT2D eigenvalue weighted by Crippen LogP contribution is 2.32. The van der Waals surface area contributed by atoms with E-state index in [1.54, 1.807) is 13.2 Å². The molecule has 1 N–H and O–H groups in total. The molecule has 0 bridgehead atoms. The second-order valence-electron chi connectivity index (χ2n) is 6.46. The van der Waals surface area contributed by atoms with Gasteiger partial charge < -0.3 is 10.1 Å². The molecule has 140 valence electrons. The van der Waals surface area contributed by atoms with Gasteiger partial charge in [-0.25, -0.2) is 13.8 Å². The summed E-state index contributed by atoms with van der Waals surface area (Å²) in [5.41, 5.74) is 4.08. The number of rotatable bonds is 6. The molecule has 0 radical (unpaired) electrons. The summed E-state index contributed by atoms with van der Waals surface area (Å²) < 4.78 is 31.7. The zero-order valence-corrected chi connectivity index (χ0v) is 15.7. The summed E-state index contributed by atoms with van der Waals surface area (Å²) in [4.78, 5) is 6.69. The molecular formula is C19H22ClF2N3O. The number of halogens is 3. The van der Waals surface area contributed by atoms with E-state index in [-0.39, 0.29) is 0 Å². The highest BCUT2D eigenvalue weighted by Gasteiger charge is 2.23. The maximum absolute atomic E-state index is 13.5. The molecule has 1 aliphatic rings. The topological polar surface area (TPSA) is 37.4 Å². The summed E-state index contributed by atoms with van der Waals surface area (Å²) in [6.45, 7) is 5.24. The van der Waals surface area contributed by atoms with Gasteiger partial charge in [0.25, 0.3) is 0 Å². The highest BCUT2D eigenvalue weighted by atomic mass is 35.5. The van der Waals surface area contributed by atoms with Gasteiger partial charge >= 0.3 is 0 Å². The summed E-state index contributed by atoms with van der Waals surface area (Å²) in [7, 11) is 1.65. The average molecular weight is 382 g/mol. The molecule has 0 saturated heterocycles. The first-order valence-corrected chi connectivity index (χ1v) is 8.94. The molecule has 26 heavy (non-hydrogen) atoms. The third-order valence-electron chi connectivity index (χ3n) is 4.67. The summed E-state index contributed by atoms with van der Waals surface area (Å²) in [6, 6.07) is 4.05. The van der Waals surface area contributed by atoms with Crippen molar-refractivity contribution in [1.29, 1.82) is 0 Å². The van der Waals surface area contributed by atoms with E-state index in [0.717, 1.165) is 35.5 Å². The molecule has 3 rings (SSSR count). The van der Waals surface area contributed by atoms with Crippen LogP contribution in [0.4, 0.5) is 14.6 Å². The molecule has 0 saturated carbocycles. The summed E-state index contributed by atoms with van der Waals surface area (Å²) in [6.07, 6.45) is 0.839. The quantitative estimate of drug-likeness (QED) is 0.607. The number of methoxy groups -OCH3 is 1. The molecule has 2 heterocycles. The number of anilines is 1. The number of aromatic nitrogens is 1. The molecule has 0 atom stereocenters. The Kier molecular flexibility index (Phi) is 6.06. The molecule has 4 nitrogen and oxygen atoms in total. The lowest BCUT2D eigenvalue weighted by Crippen LogP contribution is -2.32. The molecule has 7 heteroatoms. The van der Waals surface area contributed by atoms with Crippen molar-refractivity contribution in [3.8, 4) is 0 Å². The van der Waals surface area contributed by atoms with E-state index < -0.39 is 11.6 Å². The van der Waals surface area contributed by atoms with Gasteiger partial charge in [-0.05, 0) is 42.2 Å². The maximum atomic E-state index is 13.5. The molecule has 0 spiro atoms. The molecule has 0 aliphatic carbocycles. The molecular weight excluding hydrogens is 360 g/mol. The Bertz CT molecular complexity index is 801. The molecule has 2 aromatic rings. The van der Waals surface area contributed by atoms with E-state index >= 15 is 0 Å². The van der Waals surface area contributed by atoms with Crippen molar-refractivity contribution in [1.82, 2.24) is 9.88 Å². The average Bonchev–Trinajstić information content (AvgIpc) is 2.62. The first-order chi connectivity index (χ1) is 12.5. The van der Waals surface area contributed by atoms with Crippen molar-refractivity contribution in [2.75, 3.05) is 32.1 Å². The monoisotopic (exact) mass is 381 g/mol. The minimum Gasteiger partial charge on any atom is -0.383 e. The molecule has 1 aromatic carbocycles. The van der Waals surface area contributed by atoms with Crippen LogP contribution in [0.25, 0.3) is 0 Å². The normalized spacial score (nSPS) is 14.3. The summed E-state index contributed by atoms with van der Waals surface area (Å²) in [5.74, 6) is -0.870. The molecule has 0 amide bonds. The summed E-state index contributed by atoms with van der Waals surface area (Å²) in [5, 5.41) is 3.80. The number of hydrogen-bond donors (Lipinski definition) is 1. The fourth-order valence-electron chi connectivity index (χ4n) is 3.27. The van der Waals surface area contributed by atoms with Gasteiger partial charge in [-0.15, -0.1) is 0 Å². The molecule has 1 aliphatic heterocycles. The van der Waals surface area contributed by atoms with Gasteiger partial charge in [0.1, 0.15) is 11.0 Å². The minimum absolute atomic E-state index is 0.512. The number of hydrogen-bond acceptors (Lipinski definition) is 4. The number of pyridine rings is 1. The predicted octanol–water partition coefficient (Wildman–Crippen LogP) is 3.94. The fraction of sp³-hybridized carbons (Fsp3) is 0.421. The fourth-order valence-corrected chi connectivity index (χ4v) is 3.47.